The third-order valence-electron chi connectivity index (χ3n) is 2.67. The molecule has 0 spiro atoms. The van der Waals surface area contributed by atoms with E-state index < -0.39 is 17.8 Å². The normalized spacial score (nSPS) is 20.6. The Labute approximate surface area is 109 Å². The molecular weight excluding hydrogens is 315 g/mol. The van der Waals surface area contributed by atoms with Crippen molar-refractivity contribution in [2.45, 2.75) is 18.7 Å². The number of hydrogen-bond acceptors (Lipinski definition) is 2. The van der Waals surface area contributed by atoms with E-state index in [4.69, 9.17) is 0 Å². The molecule has 18 heavy (non-hydrogen) atoms. The Morgan fingerprint density at radius 3 is 2.56 bits per heavy atom. The molecule has 98 valence electrons. The summed E-state index contributed by atoms with van der Waals surface area (Å²) in [6.45, 7) is 0.0126. The summed E-state index contributed by atoms with van der Waals surface area (Å²) >= 11 is 3.11. The summed E-state index contributed by atoms with van der Waals surface area (Å²) in [5.41, 5.74) is -0.693. The molecule has 0 bridgehead atoms. The van der Waals surface area contributed by atoms with Crippen LogP contribution in [0.3, 0.4) is 0 Å². The Morgan fingerprint density at radius 2 is 2.06 bits per heavy atom. The number of amides is 1. The first-order valence-electron chi connectivity index (χ1n) is 5.14. The lowest BCUT2D eigenvalue weighted by Crippen LogP contribution is -2.26. The Morgan fingerprint density at radius 1 is 1.39 bits per heavy atom. The Hall–Kier alpha value is -1.08. The number of alkyl halides is 3. The van der Waals surface area contributed by atoms with Crippen LogP contribution in [0.4, 0.5) is 18.9 Å². The van der Waals surface area contributed by atoms with E-state index in [1.165, 1.54) is 6.07 Å². The smallest absolute Gasteiger partial charge is 0.391 e. The minimum atomic E-state index is -4.46. The van der Waals surface area contributed by atoms with Crippen LogP contribution in [0.25, 0.3) is 0 Å². The molecule has 2 rings (SSSR count). The Bertz CT molecular complexity index is 490. The first kappa shape index (κ1) is 13.4. The van der Waals surface area contributed by atoms with Crippen molar-refractivity contribution in [2.75, 3.05) is 11.4 Å². The van der Waals surface area contributed by atoms with Crippen molar-refractivity contribution in [1.82, 2.24) is 0 Å². The van der Waals surface area contributed by atoms with Gasteiger partial charge >= 0.3 is 6.18 Å². The highest BCUT2D eigenvalue weighted by molar-refractivity contribution is 9.10. The SMILES string of the molecule is O=C1CC(O)CN1c1cc(C(F)(F)F)ccc1Br. The zero-order valence-electron chi connectivity index (χ0n) is 9.04. The van der Waals surface area contributed by atoms with Gasteiger partial charge in [-0.25, -0.2) is 0 Å². The van der Waals surface area contributed by atoms with E-state index in [1.54, 1.807) is 0 Å². The number of benzene rings is 1. The largest absolute Gasteiger partial charge is 0.416 e. The predicted molar refractivity (Wildman–Crippen MR) is 62.1 cm³/mol. The molecule has 7 heteroatoms. The average Bonchev–Trinajstić information content (AvgIpc) is 2.56. The number of rotatable bonds is 1. The standard InChI is InChI=1S/C11H9BrF3NO2/c12-8-2-1-6(11(13,14)15)3-9(8)16-5-7(17)4-10(16)18/h1-3,7,17H,4-5H2. The summed E-state index contributed by atoms with van der Waals surface area (Å²) in [5, 5.41) is 9.35. The molecule has 1 aliphatic rings. The van der Waals surface area contributed by atoms with Gasteiger partial charge in [-0.2, -0.15) is 13.2 Å². The molecule has 0 saturated carbocycles. The van der Waals surface area contributed by atoms with Crippen LogP contribution < -0.4 is 4.90 Å². The lowest BCUT2D eigenvalue weighted by Gasteiger charge is -2.19. The van der Waals surface area contributed by atoms with E-state index in [2.05, 4.69) is 15.9 Å². The van der Waals surface area contributed by atoms with Crippen molar-refractivity contribution in [1.29, 1.82) is 0 Å². The number of halogens is 4. The van der Waals surface area contributed by atoms with Gasteiger partial charge in [-0.1, -0.05) is 0 Å². The Balaban J connectivity index is 2.41. The second-order valence-electron chi connectivity index (χ2n) is 4.03. The molecule has 1 heterocycles. The molecule has 1 atom stereocenters. The van der Waals surface area contributed by atoms with Gasteiger partial charge in [0, 0.05) is 4.47 Å². The first-order chi connectivity index (χ1) is 8.29. The van der Waals surface area contributed by atoms with Crippen molar-refractivity contribution in [3.05, 3.63) is 28.2 Å². The van der Waals surface area contributed by atoms with Crippen LogP contribution in [-0.4, -0.2) is 23.7 Å². The number of β-amino-alcohol motifs (C(OH)–C–C–N with tert-alkyl or cyclic N) is 1. The van der Waals surface area contributed by atoms with Gasteiger partial charge in [-0.3, -0.25) is 4.79 Å². The van der Waals surface area contributed by atoms with Crippen molar-refractivity contribution in [3.8, 4) is 0 Å². The number of anilines is 1. The first-order valence-corrected chi connectivity index (χ1v) is 5.93. The van der Waals surface area contributed by atoms with Crippen LogP contribution in [0, 0.1) is 0 Å². The monoisotopic (exact) mass is 323 g/mol. The molecule has 0 aromatic heterocycles. The number of carbonyl (C=O) groups is 1. The number of aliphatic hydroxyl groups is 1. The molecule has 1 fully saturated rings. The maximum Gasteiger partial charge on any atom is 0.416 e. The summed E-state index contributed by atoms with van der Waals surface area (Å²) in [4.78, 5) is 12.7. The maximum atomic E-state index is 12.6. The predicted octanol–water partition coefficient (Wildman–Crippen LogP) is 2.57. The second kappa shape index (κ2) is 4.55. The van der Waals surface area contributed by atoms with Crippen LogP contribution >= 0.6 is 15.9 Å². The number of hydrogen-bond donors (Lipinski definition) is 1. The minimum absolute atomic E-state index is 0.0126. The van der Waals surface area contributed by atoms with E-state index >= 15 is 0 Å². The van der Waals surface area contributed by atoms with Gasteiger partial charge in [0.05, 0.1) is 30.3 Å². The molecule has 1 aliphatic heterocycles. The van der Waals surface area contributed by atoms with Crippen LogP contribution in [-0.2, 0) is 11.0 Å². The van der Waals surface area contributed by atoms with Crippen molar-refractivity contribution < 1.29 is 23.1 Å². The van der Waals surface area contributed by atoms with E-state index in [0.717, 1.165) is 17.0 Å². The summed E-state index contributed by atoms with van der Waals surface area (Å²) in [6.07, 6.45) is -5.36. The van der Waals surface area contributed by atoms with Crippen LogP contribution in [0.1, 0.15) is 12.0 Å². The topological polar surface area (TPSA) is 40.5 Å². The fourth-order valence-corrected chi connectivity index (χ4v) is 2.28. The molecule has 1 unspecified atom stereocenters. The van der Waals surface area contributed by atoms with Gasteiger partial charge in [0.25, 0.3) is 0 Å². The molecule has 1 aromatic rings. The van der Waals surface area contributed by atoms with Crippen molar-refractivity contribution in [3.63, 3.8) is 0 Å². The fourth-order valence-electron chi connectivity index (χ4n) is 1.82. The van der Waals surface area contributed by atoms with E-state index in [-0.39, 0.29) is 24.6 Å². The number of carbonyl (C=O) groups excluding carboxylic acids is 1. The maximum absolute atomic E-state index is 12.6. The lowest BCUT2D eigenvalue weighted by atomic mass is 10.2. The van der Waals surface area contributed by atoms with Crippen LogP contribution in [0.2, 0.25) is 0 Å². The van der Waals surface area contributed by atoms with E-state index in [0.29, 0.717) is 4.47 Å². The molecule has 1 N–H and O–H groups in total. The minimum Gasteiger partial charge on any atom is -0.391 e. The highest BCUT2D eigenvalue weighted by Gasteiger charge is 2.34. The van der Waals surface area contributed by atoms with Crippen molar-refractivity contribution >= 4 is 27.5 Å². The highest BCUT2D eigenvalue weighted by Crippen LogP contribution is 2.36. The molecule has 3 nitrogen and oxygen atoms in total. The Kier molecular flexibility index (Phi) is 3.37. The highest BCUT2D eigenvalue weighted by atomic mass is 79.9. The number of nitrogens with zero attached hydrogens (tertiary/aromatic N) is 1. The molecule has 1 amide bonds. The summed E-state index contributed by atoms with van der Waals surface area (Å²) in [5.74, 6) is -0.387. The lowest BCUT2D eigenvalue weighted by molar-refractivity contribution is -0.137. The van der Waals surface area contributed by atoms with Gasteiger partial charge in [0.1, 0.15) is 0 Å². The van der Waals surface area contributed by atoms with Gasteiger partial charge < -0.3 is 10.0 Å². The number of aliphatic hydroxyl groups excluding tert-OH is 1. The summed E-state index contributed by atoms with van der Waals surface area (Å²) in [6, 6.07) is 3.08. The molecule has 0 radical (unpaired) electrons. The zero-order valence-corrected chi connectivity index (χ0v) is 10.6. The third kappa shape index (κ3) is 2.51. The van der Waals surface area contributed by atoms with Crippen molar-refractivity contribution in [2.24, 2.45) is 0 Å². The van der Waals surface area contributed by atoms with Crippen LogP contribution in [0.15, 0.2) is 22.7 Å². The van der Waals surface area contributed by atoms with Gasteiger partial charge in [-0.15, -0.1) is 0 Å². The molecule has 0 aliphatic carbocycles. The quantitative estimate of drug-likeness (QED) is 0.863. The summed E-state index contributed by atoms with van der Waals surface area (Å²) < 4.78 is 38.2. The van der Waals surface area contributed by atoms with E-state index in [1.807, 2.05) is 0 Å². The fraction of sp³-hybridized carbons (Fsp3) is 0.364. The molecule has 1 saturated heterocycles. The summed E-state index contributed by atoms with van der Waals surface area (Å²) in [7, 11) is 0. The molecular formula is C11H9BrF3NO2. The molecule has 1 aromatic carbocycles. The zero-order chi connectivity index (χ0) is 13.5. The third-order valence-corrected chi connectivity index (χ3v) is 3.34. The van der Waals surface area contributed by atoms with Gasteiger partial charge in [-0.05, 0) is 34.1 Å². The average molecular weight is 324 g/mol. The van der Waals surface area contributed by atoms with Crippen LogP contribution in [0.5, 0.6) is 0 Å². The van der Waals surface area contributed by atoms with E-state index in [9.17, 15) is 23.1 Å². The second-order valence-corrected chi connectivity index (χ2v) is 4.88. The van der Waals surface area contributed by atoms with Gasteiger partial charge in [0.2, 0.25) is 5.91 Å². The van der Waals surface area contributed by atoms with Gasteiger partial charge in [0.15, 0.2) is 0 Å².